The van der Waals surface area contributed by atoms with E-state index in [1.807, 2.05) is 59.0 Å². The number of aromatic nitrogens is 4. The smallest absolute Gasteiger partial charge is 0.280 e. The molecular weight excluding hydrogens is 402 g/mol. The van der Waals surface area contributed by atoms with E-state index in [0.29, 0.717) is 12.3 Å². The molecule has 1 aliphatic rings. The highest BCUT2D eigenvalue weighted by molar-refractivity contribution is 6.11. The standard InChI is InChI=1S/C25H27N5O2/c1-5-12-32-19-9-6-17(7-10-19)24-22-16(4)30(15(2)3)28-23(22)25(31)29(24)18-8-11-20-21(13-18)27-14-26-20/h6-11,13-15,24H,5,12H2,1-4H3,(H,26,27). The van der Waals surface area contributed by atoms with E-state index in [1.165, 1.54) is 0 Å². The molecular formula is C25H27N5O2. The van der Waals surface area contributed by atoms with Gasteiger partial charge in [-0.25, -0.2) is 4.98 Å². The summed E-state index contributed by atoms with van der Waals surface area (Å²) in [4.78, 5) is 22.9. The number of amides is 1. The van der Waals surface area contributed by atoms with E-state index in [1.54, 1.807) is 6.33 Å². The van der Waals surface area contributed by atoms with Gasteiger partial charge in [-0.3, -0.25) is 14.4 Å². The summed E-state index contributed by atoms with van der Waals surface area (Å²) >= 11 is 0. The Morgan fingerprint density at radius 1 is 1.16 bits per heavy atom. The van der Waals surface area contributed by atoms with Crippen LogP contribution in [0.15, 0.2) is 48.8 Å². The van der Waals surface area contributed by atoms with Crippen LogP contribution >= 0.6 is 0 Å². The fourth-order valence-corrected chi connectivity index (χ4v) is 4.50. The Bertz CT molecular complexity index is 1290. The van der Waals surface area contributed by atoms with Crippen LogP contribution in [0, 0.1) is 6.92 Å². The minimum absolute atomic E-state index is 0.0855. The highest BCUT2D eigenvalue weighted by atomic mass is 16.5. The zero-order chi connectivity index (χ0) is 22.4. The van der Waals surface area contributed by atoms with Crippen molar-refractivity contribution in [3.05, 3.63) is 71.3 Å². The van der Waals surface area contributed by atoms with Crippen LogP contribution in [0.3, 0.4) is 0 Å². The monoisotopic (exact) mass is 429 g/mol. The van der Waals surface area contributed by atoms with Crippen LogP contribution in [0.5, 0.6) is 5.75 Å². The lowest BCUT2D eigenvalue weighted by molar-refractivity contribution is 0.0987. The molecule has 2 aromatic heterocycles. The summed E-state index contributed by atoms with van der Waals surface area (Å²) in [6.45, 7) is 8.98. The molecule has 4 aromatic rings. The molecule has 1 N–H and O–H groups in total. The van der Waals surface area contributed by atoms with Gasteiger partial charge in [0, 0.05) is 23.0 Å². The average Bonchev–Trinajstić information content (AvgIpc) is 3.47. The van der Waals surface area contributed by atoms with Crippen molar-refractivity contribution in [1.82, 2.24) is 19.7 Å². The maximum absolute atomic E-state index is 13.7. The van der Waals surface area contributed by atoms with Crippen LogP contribution in [-0.2, 0) is 0 Å². The van der Waals surface area contributed by atoms with E-state index < -0.39 is 0 Å². The van der Waals surface area contributed by atoms with Crippen molar-refractivity contribution in [2.75, 3.05) is 11.5 Å². The van der Waals surface area contributed by atoms with Crippen molar-refractivity contribution in [2.45, 2.75) is 46.2 Å². The van der Waals surface area contributed by atoms with Crippen molar-refractivity contribution >= 4 is 22.6 Å². The summed E-state index contributed by atoms with van der Waals surface area (Å²) in [5.41, 5.74) is 6.12. The summed E-state index contributed by atoms with van der Waals surface area (Å²) in [7, 11) is 0. The van der Waals surface area contributed by atoms with Crippen LogP contribution in [0.25, 0.3) is 11.0 Å². The number of hydrogen-bond acceptors (Lipinski definition) is 4. The van der Waals surface area contributed by atoms with Crippen molar-refractivity contribution in [1.29, 1.82) is 0 Å². The minimum atomic E-state index is -0.259. The first-order chi connectivity index (χ1) is 15.5. The summed E-state index contributed by atoms with van der Waals surface area (Å²) in [6.07, 6.45) is 2.62. The van der Waals surface area contributed by atoms with Crippen LogP contribution in [0.4, 0.5) is 5.69 Å². The van der Waals surface area contributed by atoms with Gasteiger partial charge in [0.25, 0.3) is 5.91 Å². The number of rotatable bonds is 6. The Morgan fingerprint density at radius 2 is 1.94 bits per heavy atom. The number of nitrogens with zero attached hydrogens (tertiary/aromatic N) is 4. The molecule has 1 aliphatic heterocycles. The topological polar surface area (TPSA) is 76.0 Å². The number of anilines is 1. The molecule has 0 spiro atoms. The van der Waals surface area contributed by atoms with Crippen LogP contribution in [0.1, 0.15) is 66.6 Å². The van der Waals surface area contributed by atoms with Crippen LogP contribution < -0.4 is 9.64 Å². The number of carbonyl (C=O) groups excluding carboxylic acids is 1. The molecule has 2 aromatic carbocycles. The molecule has 0 radical (unpaired) electrons. The van der Waals surface area contributed by atoms with Crippen molar-refractivity contribution in [3.8, 4) is 5.75 Å². The lowest BCUT2D eigenvalue weighted by atomic mass is 9.98. The normalized spacial score (nSPS) is 15.7. The van der Waals surface area contributed by atoms with Gasteiger partial charge in [0.1, 0.15) is 5.75 Å². The second-order valence-corrected chi connectivity index (χ2v) is 8.49. The molecule has 0 aliphatic carbocycles. The number of imidazole rings is 1. The first-order valence-corrected chi connectivity index (χ1v) is 11.1. The third-order valence-corrected chi connectivity index (χ3v) is 5.99. The third-order valence-electron chi connectivity index (χ3n) is 5.99. The molecule has 7 nitrogen and oxygen atoms in total. The number of fused-ring (bicyclic) bond motifs is 2. The number of nitrogens with one attached hydrogen (secondary N) is 1. The fourth-order valence-electron chi connectivity index (χ4n) is 4.50. The SMILES string of the molecule is CCCOc1ccc(C2c3c(nn(C(C)C)c3C)C(=O)N2c2ccc3nc[nH]c3c2)cc1. The zero-order valence-corrected chi connectivity index (χ0v) is 18.8. The first-order valence-electron chi connectivity index (χ1n) is 11.1. The van der Waals surface area contributed by atoms with Gasteiger partial charge < -0.3 is 9.72 Å². The van der Waals surface area contributed by atoms with Crippen molar-refractivity contribution in [2.24, 2.45) is 0 Å². The van der Waals surface area contributed by atoms with Gasteiger partial charge in [-0.1, -0.05) is 19.1 Å². The van der Waals surface area contributed by atoms with Crippen molar-refractivity contribution in [3.63, 3.8) is 0 Å². The van der Waals surface area contributed by atoms with E-state index in [4.69, 9.17) is 9.84 Å². The molecule has 1 amide bonds. The highest BCUT2D eigenvalue weighted by Gasteiger charge is 2.43. The maximum Gasteiger partial charge on any atom is 0.280 e. The highest BCUT2D eigenvalue weighted by Crippen LogP contribution is 2.44. The number of benzene rings is 2. The van der Waals surface area contributed by atoms with Gasteiger partial charge in [-0.05, 0) is 63.1 Å². The number of carbonyl (C=O) groups is 1. The largest absolute Gasteiger partial charge is 0.494 e. The minimum Gasteiger partial charge on any atom is -0.494 e. The zero-order valence-electron chi connectivity index (χ0n) is 18.8. The summed E-state index contributed by atoms with van der Waals surface area (Å²) < 4.78 is 7.71. The van der Waals surface area contributed by atoms with Gasteiger partial charge >= 0.3 is 0 Å². The second kappa shape index (κ2) is 7.82. The van der Waals surface area contributed by atoms with Crippen molar-refractivity contribution < 1.29 is 9.53 Å². The van der Waals surface area contributed by atoms with Gasteiger partial charge in [0.05, 0.1) is 30.0 Å². The van der Waals surface area contributed by atoms with E-state index in [0.717, 1.165) is 45.7 Å². The number of aromatic amines is 1. The fraction of sp³-hybridized carbons (Fsp3) is 0.320. The molecule has 1 unspecified atom stereocenters. The van der Waals surface area contributed by atoms with E-state index in [9.17, 15) is 4.79 Å². The van der Waals surface area contributed by atoms with E-state index >= 15 is 0 Å². The van der Waals surface area contributed by atoms with E-state index in [2.05, 4.69) is 30.7 Å². The first kappa shape index (κ1) is 20.3. The molecule has 7 heteroatoms. The Hall–Kier alpha value is -3.61. The molecule has 3 heterocycles. The molecule has 0 fully saturated rings. The Kier molecular flexibility index (Phi) is 4.96. The lowest BCUT2D eigenvalue weighted by Gasteiger charge is -2.27. The second-order valence-electron chi connectivity index (χ2n) is 8.49. The number of H-pyrrole nitrogens is 1. The van der Waals surface area contributed by atoms with Gasteiger partial charge in [-0.15, -0.1) is 0 Å². The number of ether oxygens (including phenoxy) is 1. The maximum atomic E-state index is 13.7. The molecule has 0 saturated heterocycles. The van der Waals surface area contributed by atoms with Gasteiger partial charge in [0.15, 0.2) is 5.69 Å². The average molecular weight is 430 g/mol. The molecule has 164 valence electrons. The quantitative estimate of drug-likeness (QED) is 0.458. The molecule has 1 atom stereocenters. The van der Waals surface area contributed by atoms with Gasteiger partial charge in [-0.2, -0.15) is 5.10 Å². The molecule has 0 saturated carbocycles. The predicted molar refractivity (Wildman–Crippen MR) is 124 cm³/mol. The summed E-state index contributed by atoms with van der Waals surface area (Å²) in [5.74, 6) is 0.748. The van der Waals surface area contributed by atoms with E-state index in [-0.39, 0.29) is 18.0 Å². The molecule has 5 rings (SSSR count). The molecule has 0 bridgehead atoms. The van der Waals surface area contributed by atoms with Gasteiger partial charge in [0.2, 0.25) is 0 Å². The predicted octanol–water partition coefficient (Wildman–Crippen LogP) is 5.19. The Labute approximate surface area is 187 Å². The lowest BCUT2D eigenvalue weighted by Crippen LogP contribution is -2.30. The summed E-state index contributed by atoms with van der Waals surface area (Å²) in [5, 5.41) is 4.71. The van der Waals surface area contributed by atoms with Crippen LogP contribution in [-0.4, -0.2) is 32.3 Å². The Balaban J connectivity index is 1.64. The third kappa shape index (κ3) is 3.16. The summed E-state index contributed by atoms with van der Waals surface area (Å²) in [6, 6.07) is 13.8. The Morgan fingerprint density at radius 3 is 2.66 bits per heavy atom. The van der Waals surface area contributed by atoms with Crippen LogP contribution in [0.2, 0.25) is 0 Å². The molecule has 32 heavy (non-hydrogen) atoms. The number of hydrogen-bond donors (Lipinski definition) is 1.